The summed E-state index contributed by atoms with van der Waals surface area (Å²) in [6.45, 7) is 0. The van der Waals surface area contributed by atoms with Gasteiger partial charge in [0.2, 0.25) is 17.7 Å². The van der Waals surface area contributed by atoms with E-state index in [4.69, 9.17) is 10.8 Å². The summed E-state index contributed by atoms with van der Waals surface area (Å²) >= 11 is 5.43. The van der Waals surface area contributed by atoms with Gasteiger partial charge in [-0.15, -0.1) is 0 Å². The van der Waals surface area contributed by atoms with E-state index in [0.717, 1.165) is 0 Å². The molecule has 1 aromatic rings. The third-order valence-corrected chi connectivity index (χ3v) is 5.79. The second-order valence-corrected chi connectivity index (χ2v) is 8.91. The van der Waals surface area contributed by atoms with E-state index in [1.807, 2.05) is 0 Å². The van der Waals surface area contributed by atoms with E-state index in [1.165, 1.54) is 36.0 Å². The number of thioether (sulfide) groups is 1. The summed E-state index contributed by atoms with van der Waals surface area (Å²) in [5.74, 6) is -4.61. The lowest BCUT2D eigenvalue weighted by molar-refractivity contribution is -0.142. The molecule has 3 amide bonds. The number of carbonyl (C=O) groups excluding carboxylic acids is 3. The van der Waals surface area contributed by atoms with Gasteiger partial charge in [-0.2, -0.15) is 24.4 Å². The summed E-state index contributed by atoms with van der Waals surface area (Å²) in [4.78, 5) is 60.1. The van der Waals surface area contributed by atoms with Gasteiger partial charge in [0.05, 0.1) is 12.5 Å². The maximum Gasteiger partial charge on any atom is 0.326 e. The lowest BCUT2D eigenvalue weighted by Crippen LogP contribution is -2.58. The van der Waals surface area contributed by atoms with Crippen molar-refractivity contribution >= 4 is 54.1 Å². The quantitative estimate of drug-likeness (QED) is 0.129. The Balaban J connectivity index is 2.89. The van der Waals surface area contributed by atoms with E-state index >= 15 is 0 Å². The molecule has 0 aliphatic rings. The predicted octanol–water partition coefficient (Wildman–Crippen LogP) is -1.04. The Morgan fingerprint density at radius 3 is 2.00 bits per heavy atom. The SMILES string of the molecule is CSCCC(NC(=O)C(CS)NC(=O)C(N)CC(=O)O)C(=O)NC(Cc1ccc(O)cc1)C(=O)O. The minimum absolute atomic E-state index is 0.0132. The van der Waals surface area contributed by atoms with Crippen molar-refractivity contribution in [3.63, 3.8) is 0 Å². The zero-order valence-electron chi connectivity index (χ0n) is 19.0. The van der Waals surface area contributed by atoms with Crippen molar-refractivity contribution in [1.29, 1.82) is 0 Å². The van der Waals surface area contributed by atoms with E-state index in [1.54, 1.807) is 6.26 Å². The highest BCUT2D eigenvalue weighted by Gasteiger charge is 2.30. The van der Waals surface area contributed by atoms with Crippen molar-refractivity contribution in [3.05, 3.63) is 29.8 Å². The Bertz CT molecular complexity index is 900. The van der Waals surface area contributed by atoms with Gasteiger partial charge in [-0.25, -0.2) is 4.79 Å². The second-order valence-electron chi connectivity index (χ2n) is 7.56. The van der Waals surface area contributed by atoms with Crippen molar-refractivity contribution in [2.75, 3.05) is 17.8 Å². The molecule has 0 aromatic heterocycles. The van der Waals surface area contributed by atoms with Crippen LogP contribution in [0.15, 0.2) is 24.3 Å². The van der Waals surface area contributed by atoms with E-state index in [-0.39, 0.29) is 24.3 Å². The molecule has 0 bridgehead atoms. The number of aliphatic carboxylic acids is 2. The number of thiol groups is 1. The van der Waals surface area contributed by atoms with Crippen LogP contribution >= 0.6 is 24.4 Å². The molecule has 12 nitrogen and oxygen atoms in total. The molecule has 0 aliphatic carbocycles. The summed E-state index contributed by atoms with van der Waals surface area (Å²) in [5.41, 5.74) is 6.07. The molecule has 0 fully saturated rings. The molecule has 4 atom stereocenters. The number of benzene rings is 1. The molecule has 0 saturated heterocycles. The molecule has 0 heterocycles. The molecule has 0 aliphatic heterocycles. The summed E-state index contributed by atoms with van der Waals surface area (Å²) in [7, 11) is 0. The molecule has 35 heavy (non-hydrogen) atoms. The van der Waals surface area contributed by atoms with Crippen LogP contribution in [0.4, 0.5) is 0 Å². The molecule has 194 valence electrons. The van der Waals surface area contributed by atoms with Crippen molar-refractivity contribution in [2.24, 2.45) is 5.73 Å². The average molecular weight is 531 g/mol. The largest absolute Gasteiger partial charge is 0.508 e. The number of nitrogens with two attached hydrogens (primary N) is 1. The van der Waals surface area contributed by atoms with E-state index in [2.05, 4.69) is 28.6 Å². The van der Waals surface area contributed by atoms with Gasteiger partial charge in [-0.1, -0.05) is 12.1 Å². The predicted molar refractivity (Wildman–Crippen MR) is 132 cm³/mol. The van der Waals surface area contributed by atoms with Crippen molar-refractivity contribution in [2.45, 2.75) is 43.4 Å². The van der Waals surface area contributed by atoms with Crippen molar-refractivity contribution < 1.29 is 39.3 Å². The zero-order chi connectivity index (χ0) is 26.5. The Kier molecular flexibility index (Phi) is 13.0. The fraction of sp³-hybridized carbons (Fsp3) is 0.476. The molecular formula is C21H30N4O8S2. The highest BCUT2D eigenvalue weighted by Crippen LogP contribution is 2.12. The maximum absolute atomic E-state index is 12.9. The van der Waals surface area contributed by atoms with Crippen LogP contribution in [-0.4, -0.2) is 86.9 Å². The summed E-state index contributed by atoms with van der Waals surface area (Å²) in [6, 6.07) is 0.854. The van der Waals surface area contributed by atoms with Crippen LogP contribution in [0.1, 0.15) is 18.4 Å². The number of carboxylic acids is 2. The van der Waals surface area contributed by atoms with E-state index in [9.17, 15) is 34.2 Å². The number of amides is 3. The first-order chi connectivity index (χ1) is 16.5. The van der Waals surface area contributed by atoms with Crippen molar-refractivity contribution in [3.8, 4) is 5.75 Å². The van der Waals surface area contributed by atoms with Gasteiger partial charge in [0.25, 0.3) is 0 Å². The first-order valence-corrected chi connectivity index (χ1v) is 12.5. The molecule has 0 spiro atoms. The third-order valence-electron chi connectivity index (χ3n) is 4.78. The number of hydrogen-bond donors (Lipinski definition) is 8. The lowest BCUT2D eigenvalue weighted by atomic mass is 10.0. The monoisotopic (exact) mass is 530 g/mol. The van der Waals surface area contributed by atoms with Crippen LogP contribution in [0.25, 0.3) is 0 Å². The van der Waals surface area contributed by atoms with E-state index < -0.39 is 60.2 Å². The molecule has 0 radical (unpaired) electrons. The average Bonchev–Trinajstić information content (AvgIpc) is 2.79. The Hall–Kier alpha value is -2.97. The number of phenols is 1. The van der Waals surface area contributed by atoms with Crippen LogP contribution in [0.5, 0.6) is 5.75 Å². The van der Waals surface area contributed by atoms with Gasteiger partial charge in [0.1, 0.15) is 23.9 Å². The topological polar surface area (TPSA) is 208 Å². The minimum Gasteiger partial charge on any atom is -0.508 e. The number of aromatic hydroxyl groups is 1. The summed E-state index contributed by atoms with van der Waals surface area (Å²) in [6.07, 6.45) is 1.28. The van der Waals surface area contributed by atoms with Gasteiger partial charge in [-0.05, 0) is 36.1 Å². The van der Waals surface area contributed by atoms with Gasteiger partial charge in [0, 0.05) is 12.2 Å². The molecule has 1 rings (SSSR count). The number of hydrogen-bond acceptors (Lipinski definition) is 9. The van der Waals surface area contributed by atoms with Crippen LogP contribution in [0.3, 0.4) is 0 Å². The van der Waals surface area contributed by atoms with Gasteiger partial charge >= 0.3 is 11.9 Å². The minimum atomic E-state index is -1.38. The second kappa shape index (κ2) is 15.1. The third kappa shape index (κ3) is 10.9. The molecule has 4 unspecified atom stereocenters. The number of carboxylic acid groups (broad SMARTS) is 2. The van der Waals surface area contributed by atoms with Crippen LogP contribution in [-0.2, 0) is 30.4 Å². The van der Waals surface area contributed by atoms with Gasteiger partial charge < -0.3 is 37.0 Å². The highest BCUT2D eigenvalue weighted by molar-refractivity contribution is 7.98. The maximum atomic E-state index is 12.9. The normalized spacial score (nSPS) is 14.1. The van der Waals surface area contributed by atoms with Crippen LogP contribution in [0, 0.1) is 0 Å². The van der Waals surface area contributed by atoms with Gasteiger partial charge in [-0.3, -0.25) is 19.2 Å². The first-order valence-electron chi connectivity index (χ1n) is 10.5. The standard InChI is InChI=1S/C21H30N4O8S2/c1-35-7-6-14(23-20(31)16(10-34)25-18(29)13(22)9-17(27)28)19(30)24-15(21(32)33)8-11-2-4-12(26)5-3-11/h2-5,13-16,26,34H,6-10,22H2,1H3,(H,23,31)(H,24,30)(H,25,29)(H,27,28)(H,32,33). The number of phenolic OH excluding ortho intramolecular Hbond substituents is 1. The van der Waals surface area contributed by atoms with Crippen LogP contribution in [0.2, 0.25) is 0 Å². The number of rotatable bonds is 15. The van der Waals surface area contributed by atoms with Crippen molar-refractivity contribution in [1.82, 2.24) is 16.0 Å². The molecule has 1 aromatic carbocycles. The Morgan fingerprint density at radius 1 is 0.943 bits per heavy atom. The summed E-state index contributed by atoms with van der Waals surface area (Å²) < 4.78 is 0. The molecular weight excluding hydrogens is 500 g/mol. The zero-order valence-corrected chi connectivity index (χ0v) is 20.7. The molecule has 14 heteroatoms. The van der Waals surface area contributed by atoms with E-state index in [0.29, 0.717) is 11.3 Å². The fourth-order valence-corrected chi connectivity index (χ4v) is 3.60. The first kappa shape index (κ1) is 30.1. The number of nitrogens with one attached hydrogen (secondary N) is 3. The number of carbonyl (C=O) groups is 5. The highest BCUT2D eigenvalue weighted by atomic mass is 32.2. The summed E-state index contributed by atoms with van der Waals surface area (Å²) in [5, 5.41) is 34.9. The fourth-order valence-electron chi connectivity index (χ4n) is 2.87. The smallest absolute Gasteiger partial charge is 0.326 e. The Morgan fingerprint density at radius 2 is 1.49 bits per heavy atom. The Labute approximate surface area is 211 Å². The molecule has 8 N–H and O–H groups in total. The molecule has 0 saturated carbocycles. The van der Waals surface area contributed by atoms with Crippen LogP contribution < -0.4 is 21.7 Å². The lowest BCUT2D eigenvalue weighted by Gasteiger charge is -2.24. The van der Waals surface area contributed by atoms with Gasteiger partial charge in [0.15, 0.2) is 0 Å².